The lowest BCUT2D eigenvalue weighted by atomic mass is 10.1. The monoisotopic (exact) mass is 360 g/mol. The third-order valence-corrected chi connectivity index (χ3v) is 5.53. The molecule has 0 radical (unpaired) electrons. The van der Waals surface area contributed by atoms with Crippen LogP contribution in [0.4, 0.5) is 5.69 Å². The van der Waals surface area contributed by atoms with Gasteiger partial charge >= 0.3 is 0 Å². The van der Waals surface area contributed by atoms with Crippen LogP contribution in [-0.2, 0) is 9.59 Å². The first-order valence-corrected chi connectivity index (χ1v) is 9.91. The predicted molar refractivity (Wildman–Crippen MR) is 101 cm³/mol. The van der Waals surface area contributed by atoms with Crippen LogP contribution in [0.2, 0.25) is 0 Å². The van der Waals surface area contributed by atoms with Crippen molar-refractivity contribution in [2.45, 2.75) is 26.2 Å². The third kappa shape index (κ3) is 5.54. The number of anilines is 1. The highest BCUT2D eigenvalue weighted by molar-refractivity contribution is 5.91. The van der Waals surface area contributed by atoms with Gasteiger partial charge in [-0.15, -0.1) is 0 Å². The molecule has 6 nitrogen and oxygen atoms in total. The molecule has 1 aromatic rings. The summed E-state index contributed by atoms with van der Waals surface area (Å²) in [6, 6.07) is 7.86. The number of carbonyl (C=O) groups excluding carboxylic acids is 2. The zero-order valence-electron chi connectivity index (χ0n) is 15.9. The number of aryl methyl sites for hydroxylation is 1. The number of hydrogen-bond acceptors (Lipinski definition) is 2. The Balaban J connectivity index is 1.38. The van der Waals surface area contributed by atoms with Gasteiger partial charge in [-0.3, -0.25) is 9.59 Å². The number of benzene rings is 1. The third-order valence-electron chi connectivity index (χ3n) is 5.53. The van der Waals surface area contributed by atoms with Gasteiger partial charge in [0.25, 0.3) is 11.8 Å². The van der Waals surface area contributed by atoms with E-state index in [9.17, 15) is 9.59 Å². The molecule has 3 N–H and O–H groups in total. The lowest BCUT2D eigenvalue weighted by Crippen LogP contribution is -3.16. The minimum absolute atomic E-state index is 0.0430. The van der Waals surface area contributed by atoms with Gasteiger partial charge in [0, 0.05) is 5.69 Å². The Morgan fingerprint density at radius 3 is 2.19 bits per heavy atom. The Hall–Kier alpha value is -1.92. The van der Waals surface area contributed by atoms with Gasteiger partial charge in [-0.05, 0) is 38.3 Å². The standard InChI is InChI=1S/C20H30N4O2/c1-17-5-7-18(8-6-17)21-19(25)15-23-11-13-24(14-12-23)20(26)16-22-9-3-2-4-10-22/h5-8H,2-4,9-16H2,1H3,(H,21,25)/p+2. The number of nitrogens with zero attached hydrogens (tertiary/aromatic N) is 1. The van der Waals surface area contributed by atoms with E-state index in [1.165, 1.54) is 34.6 Å². The van der Waals surface area contributed by atoms with Gasteiger partial charge in [0.1, 0.15) is 0 Å². The number of carbonyl (C=O) groups is 2. The van der Waals surface area contributed by atoms with Crippen LogP contribution in [0.3, 0.4) is 0 Å². The largest absolute Gasteiger partial charge is 0.327 e. The first-order chi connectivity index (χ1) is 12.6. The fraction of sp³-hybridized carbons (Fsp3) is 0.600. The molecular formula is C20H32N4O2+2. The van der Waals surface area contributed by atoms with Crippen LogP contribution in [0.25, 0.3) is 0 Å². The number of piperazine rings is 1. The van der Waals surface area contributed by atoms with Crippen LogP contribution in [0.15, 0.2) is 24.3 Å². The number of amides is 2. The lowest BCUT2D eigenvalue weighted by molar-refractivity contribution is -0.899. The summed E-state index contributed by atoms with van der Waals surface area (Å²) in [4.78, 5) is 29.4. The summed E-state index contributed by atoms with van der Waals surface area (Å²) in [5, 5.41) is 2.96. The second kappa shape index (κ2) is 9.14. The Kier molecular flexibility index (Phi) is 6.63. The highest BCUT2D eigenvalue weighted by atomic mass is 16.2. The fourth-order valence-electron chi connectivity index (χ4n) is 3.87. The van der Waals surface area contributed by atoms with Gasteiger partial charge in [0.2, 0.25) is 0 Å². The van der Waals surface area contributed by atoms with E-state index >= 15 is 0 Å². The number of likely N-dealkylation sites (tertiary alicyclic amines) is 1. The van der Waals surface area contributed by atoms with Crippen molar-refractivity contribution in [3.63, 3.8) is 0 Å². The van der Waals surface area contributed by atoms with Crippen molar-refractivity contribution >= 4 is 17.5 Å². The molecule has 0 atom stereocenters. The SMILES string of the molecule is Cc1ccc(NC(=O)C[NH+]2CCN(C(=O)C[NH+]3CCCCC3)CC2)cc1. The molecule has 2 aliphatic rings. The van der Waals surface area contributed by atoms with Crippen molar-refractivity contribution in [3.8, 4) is 0 Å². The van der Waals surface area contributed by atoms with Gasteiger partial charge in [-0.2, -0.15) is 0 Å². The molecule has 0 aromatic heterocycles. The number of hydrogen-bond donors (Lipinski definition) is 3. The van der Waals surface area contributed by atoms with Crippen LogP contribution < -0.4 is 15.1 Å². The summed E-state index contributed by atoms with van der Waals surface area (Å²) in [7, 11) is 0. The fourth-order valence-corrected chi connectivity index (χ4v) is 3.87. The normalized spacial score (nSPS) is 19.3. The number of nitrogens with one attached hydrogen (secondary N) is 3. The van der Waals surface area contributed by atoms with Crippen molar-refractivity contribution in [1.29, 1.82) is 0 Å². The highest BCUT2D eigenvalue weighted by Gasteiger charge is 2.27. The van der Waals surface area contributed by atoms with E-state index in [-0.39, 0.29) is 11.8 Å². The average molecular weight is 361 g/mol. The second-order valence-corrected chi connectivity index (χ2v) is 7.71. The van der Waals surface area contributed by atoms with Crippen LogP contribution in [0.5, 0.6) is 0 Å². The van der Waals surface area contributed by atoms with Crippen LogP contribution in [0, 0.1) is 6.92 Å². The van der Waals surface area contributed by atoms with Crippen molar-refractivity contribution in [2.24, 2.45) is 0 Å². The molecule has 3 rings (SSSR count). The van der Waals surface area contributed by atoms with Crippen molar-refractivity contribution in [1.82, 2.24) is 4.90 Å². The molecule has 0 aliphatic carbocycles. The number of piperidine rings is 1. The van der Waals surface area contributed by atoms with E-state index in [2.05, 4.69) is 5.32 Å². The van der Waals surface area contributed by atoms with Crippen molar-refractivity contribution < 1.29 is 19.4 Å². The van der Waals surface area contributed by atoms with E-state index in [0.717, 1.165) is 45.0 Å². The van der Waals surface area contributed by atoms with Crippen LogP contribution in [0.1, 0.15) is 24.8 Å². The molecule has 2 saturated heterocycles. The summed E-state index contributed by atoms with van der Waals surface area (Å²) < 4.78 is 0. The van der Waals surface area contributed by atoms with Crippen LogP contribution in [-0.4, -0.2) is 69.1 Å². The summed E-state index contributed by atoms with van der Waals surface area (Å²) in [5.41, 5.74) is 2.03. The lowest BCUT2D eigenvalue weighted by Gasteiger charge is -2.33. The molecule has 0 spiro atoms. The van der Waals surface area contributed by atoms with E-state index < -0.39 is 0 Å². The maximum absolute atomic E-state index is 12.5. The minimum Gasteiger partial charge on any atom is -0.327 e. The first-order valence-electron chi connectivity index (χ1n) is 9.91. The minimum atomic E-state index is 0.0430. The van der Waals surface area contributed by atoms with E-state index in [1.54, 1.807) is 0 Å². The van der Waals surface area contributed by atoms with Gasteiger partial charge < -0.3 is 20.0 Å². The summed E-state index contributed by atoms with van der Waals surface area (Å²) in [6.45, 7) is 8.63. The van der Waals surface area contributed by atoms with Gasteiger partial charge in [0.05, 0.1) is 39.3 Å². The second-order valence-electron chi connectivity index (χ2n) is 7.71. The highest BCUT2D eigenvalue weighted by Crippen LogP contribution is 2.07. The predicted octanol–water partition coefficient (Wildman–Crippen LogP) is -1.27. The van der Waals surface area contributed by atoms with Crippen molar-refractivity contribution in [2.75, 3.05) is 57.7 Å². The molecule has 26 heavy (non-hydrogen) atoms. The Morgan fingerprint density at radius 1 is 0.923 bits per heavy atom. The zero-order chi connectivity index (χ0) is 18.4. The molecule has 2 fully saturated rings. The molecule has 2 aliphatic heterocycles. The Labute approximate surface area is 156 Å². The smallest absolute Gasteiger partial charge is 0.279 e. The molecule has 1 aromatic carbocycles. The maximum Gasteiger partial charge on any atom is 0.279 e. The molecule has 2 heterocycles. The first kappa shape index (κ1) is 18.9. The molecule has 0 saturated carbocycles. The number of quaternary nitrogens is 2. The van der Waals surface area contributed by atoms with Crippen molar-refractivity contribution in [3.05, 3.63) is 29.8 Å². The van der Waals surface area contributed by atoms with E-state index in [0.29, 0.717) is 13.1 Å². The topological polar surface area (TPSA) is 58.3 Å². The summed E-state index contributed by atoms with van der Waals surface area (Å²) in [5.74, 6) is 0.325. The van der Waals surface area contributed by atoms with Gasteiger partial charge in [-0.25, -0.2) is 0 Å². The van der Waals surface area contributed by atoms with Crippen LogP contribution >= 0.6 is 0 Å². The van der Waals surface area contributed by atoms with Gasteiger partial charge in [0.15, 0.2) is 13.1 Å². The molecule has 6 heteroatoms. The molecule has 2 amide bonds. The zero-order valence-corrected chi connectivity index (χ0v) is 15.9. The summed E-state index contributed by atoms with van der Waals surface area (Å²) >= 11 is 0. The Bertz CT molecular complexity index is 603. The Morgan fingerprint density at radius 2 is 1.54 bits per heavy atom. The maximum atomic E-state index is 12.5. The average Bonchev–Trinajstić information content (AvgIpc) is 2.65. The van der Waals surface area contributed by atoms with E-state index in [1.807, 2.05) is 36.1 Å². The quantitative estimate of drug-likeness (QED) is 0.613. The molecule has 142 valence electrons. The summed E-state index contributed by atoms with van der Waals surface area (Å²) in [6.07, 6.45) is 3.80. The van der Waals surface area contributed by atoms with Gasteiger partial charge in [-0.1, -0.05) is 17.7 Å². The molecule has 0 unspecified atom stereocenters. The van der Waals surface area contributed by atoms with E-state index in [4.69, 9.17) is 0 Å². The number of rotatable bonds is 5. The molecule has 0 bridgehead atoms. The molecular weight excluding hydrogens is 328 g/mol.